The number of ether oxygens (including phenoxy) is 1. The van der Waals surface area contributed by atoms with E-state index in [2.05, 4.69) is 24.1 Å². The number of halogens is 1. The Hall–Kier alpha value is -1.11. The molecule has 0 atom stereocenters. The standard InChI is InChI=1S/C16H23FN2O2S/c1-16(2,19-7-9-21-10-8-19)12-18-15(20)11-22-14-5-3-13(17)4-6-14/h3-6H,7-12H2,1-2H3,(H,18,20). The molecule has 1 saturated heterocycles. The molecule has 1 aliphatic heterocycles. The number of thioether (sulfide) groups is 1. The number of hydrogen-bond acceptors (Lipinski definition) is 4. The second-order valence-corrected chi connectivity index (χ2v) is 6.98. The summed E-state index contributed by atoms with van der Waals surface area (Å²) in [6.07, 6.45) is 0. The summed E-state index contributed by atoms with van der Waals surface area (Å²) in [5.74, 6) is 0.0712. The van der Waals surface area contributed by atoms with E-state index in [-0.39, 0.29) is 17.3 Å². The van der Waals surface area contributed by atoms with Gasteiger partial charge in [-0.15, -0.1) is 11.8 Å². The molecule has 6 heteroatoms. The zero-order valence-electron chi connectivity index (χ0n) is 13.1. The van der Waals surface area contributed by atoms with E-state index >= 15 is 0 Å². The molecule has 1 fully saturated rings. The summed E-state index contributed by atoms with van der Waals surface area (Å²) in [6.45, 7) is 8.16. The van der Waals surface area contributed by atoms with Crippen LogP contribution in [0.3, 0.4) is 0 Å². The monoisotopic (exact) mass is 326 g/mol. The van der Waals surface area contributed by atoms with Crippen molar-refractivity contribution in [2.24, 2.45) is 0 Å². The third-order valence-corrected chi connectivity index (χ3v) is 4.78. The molecule has 0 saturated carbocycles. The Labute approximate surface area is 135 Å². The van der Waals surface area contributed by atoms with Crippen molar-refractivity contribution in [1.82, 2.24) is 10.2 Å². The van der Waals surface area contributed by atoms with Gasteiger partial charge in [0.05, 0.1) is 19.0 Å². The predicted molar refractivity (Wildman–Crippen MR) is 86.6 cm³/mol. The van der Waals surface area contributed by atoms with Crippen molar-refractivity contribution in [1.29, 1.82) is 0 Å². The highest BCUT2D eigenvalue weighted by Gasteiger charge is 2.28. The molecule has 0 spiro atoms. The van der Waals surface area contributed by atoms with Crippen LogP contribution in [0, 0.1) is 5.82 Å². The normalized spacial score (nSPS) is 16.5. The number of carbonyl (C=O) groups is 1. The van der Waals surface area contributed by atoms with Crippen LogP contribution in [0.25, 0.3) is 0 Å². The Morgan fingerprint density at radius 1 is 1.32 bits per heavy atom. The van der Waals surface area contributed by atoms with Crippen LogP contribution >= 0.6 is 11.8 Å². The van der Waals surface area contributed by atoms with Gasteiger partial charge >= 0.3 is 0 Å². The van der Waals surface area contributed by atoms with Gasteiger partial charge in [0.15, 0.2) is 0 Å². The van der Waals surface area contributed by atoms with Gasteiger partial charge in [-0.25, -0.2) is 4.39 Å². The van der Waals surface area contributed by atoms with Crippen LogP contribution in [0.5, 0.6) is 0 Å². The molecule has 1 N–H and O–H groups in total. The Morgan fingerprint density at radius 2 is 1.95 bits per heavy atom. The van der Waals surface area contributed by atoms with E-state index in [0.29, 0.717) is 12.3 Å². The van der Waals surface area contributed by atoms with Gasteiger partial charge < -0.3 is 10.1 Å². The highest BCUT2D eigenvalue weighted by molar-refractivity contribution is 8.00. The first-order valence-corrected chi connectivity index (χ1v) is 8.44. The minimum absolute atomic E-state index is 0.00402. The molecule has 0 unspecified atom stereocenters. The lowest BCUT2D eigenvalue weighted by Gasteiger charge is -2.40. The van der Waals surface area contributed by atoms with Crippen LogP contribution < -0.4 is 5.32 Å². The number of morpholine rings is 1. The van der Waals surface area contributed by atoms with Crippen LogP contribution in [-0.4, -0.2) is 54.9 Å². The molecule has 0 aromatic heterocycles. The second kappa shape index (κ2) is 7.94. The molecule has 1 heterocycles. The predicted octanol–water partition coefficient (Wildman–Crippen LogP) is 2.14. The summed E-state index contributed by atoms with van der Waals surface area (Å²) >= 11 is 1.41. The van der Waals surface area contributed by atoms with Crippen LogP contribution in [0.2, 0.25) is 0 Å². The van der Waals surface area contributed by atoms with E-state index in [1.165, 1.54) is 23.9 Å². The van der Waals surface area contributed by atoms with Crippen molar-refractivity contribution in [2.75, 3.05) is 38.6 Å². The molecule has 2 rings (SSSR count). The molecule has 22 heavy (non-hydrogen) atoms. The molecule has 1 amide bonds. The lowest BCUT2D eigenvalue weighted by Crippen LogP contribution is -2.55. The number of rotatable bonds is 6. The zero-order valence-corrected chi connectivity index (χ0v) is 13.9. The number of hydrogen-bond donors (Lipinski definition) is 1. The van der Waals surface area contributed by atoms with Crippen LogP contribution in [0.4, 0.5) is 4.39 Å². The third kappa shape index (κ3) is 5.26. The quantitative estimate of drug-likeness (QED) is 0.814. The van der Waals surface area contributed by atoms with E-state index in [4.69, 9.17) is 4.74 Å². The molecular weight excluding hydrogens is 303 g/mol. The second-order valence-electron chi connectivity index (χ2n) is 5.93. The van der Waals surface area contributed by atoms with Crippen molar-refractivity contribution >= 4 is 17.7 Å². The minimum atomic E-state index is -0.263. The van der Waals surface area contributed by atoms with E-state index in [9.17, 15) is 9.18 Å². The van der Waals surface area contributed by atoms with Crippen molar-refractivity contribution in [3.05, 3.63) is 30.1 Å². The van der Waals surface area contributed by atoms with Gasteiger partial charge in [0.1, 0.15) is 5.82 Å². The van der Waals surface area contributed by atoms with Crippen LogP contribution in [0.15, 0.2) is 29.2 Å². The molecular formula is C16H23FN2O2S. The maximum Gasteiger partial charge on any atom is 0.230 e. The molecule has 0 bridgehead atoms. The maximum absolute atomic E-state index is 12.8. The number of benzene rings is 1. The number of nitrogens with zero attached hydrogens (tertiary/aromatic N) is 1. The zero-order chi connectivity index (χ0) is 16.0. The highest BCUT2D eigenvalue weighted by Crippen LogP contribution is 2.18. The molecule has 0 radical (unpaired) electrons. The number of amides is 1. The Balaban J connectivity index is 1.73. The molecule has 122 valence electrons. The van der Waals surface area contributed by atoms with Crippen molar-refractivity contribution in [3.63, 3.8) is 0 Å². The first-order chi connectivity index (χ1) is 10.5. The van der Waals surface area contributed by atoms with E-state index in [0.717, 1.165) is 31.2 Å². The van der Waals surface area contributed by atoms with Crippen LogP contribution in [0.1, 0.15) is 13.8 Å². The lowest BCUT2D eigenvalue weighted by atomic mass is 10.0. The first-order valence-electron chi connectivity index (χ1n) is 7.45. The third-order valence-electron chi connectivity index (χ3n) is 3.77. The summed E-state index contributed by atoms with van der Waals surface area (Å²) in [6, 6.07) is 6.18. The first kappa shape index (κ1) is 17.2. The smallest absolute Gasteiger partial charge is 0.230 e. The van der Waals surface area contributed by atoms with Crippen LogP contribution in [-0.2, 0) is 9.53 Å². The average Bonchev–Trinajstić information content (AvgIpc) is 2.53. The highest BCUT2D eigenvalue weighted by atomic mass is 32.2. The fourth-order valence-electron chi connectivity index (χ4n) is 2.33. The average molecular weight is 326 g/mol. The SMILES string of the molecule is CC(C)(CNC(=O)CSc1ccc(F)cc1)N1CCOCC1. The van der Waals surface area contributed by atoms with Gasteiger partial charge in [0.25, 0.3) is 0 Å². The summed E-state index contributed by atoms with van der Waals surface area (Å²) < 4.78 is 18.2. The molecule has 1 aromatic rings. The summed E-state index contributed by atoms with van der Waals surface area (Å²) in [7, 11) is 0. The Kier molecular flexibility index (Phi) is 6.23. The number of carbonyl (C=O) groups excluding carboxylic acids is 1. The fourth-order valence-corrected chi connectivity index (χ4v) is 3.05. The molecule has 1 aliphatic rings. The fraction of sp³-hybridized carbons (Fsp3) is 0.562. The number of nitrogens with one attached hydrogen (secondary N) is 1. The van der Waals surface area contributed by atoms with Gasteiger partial charge in [0.2, 0.25) is 5.91 Å². The minimum Gasteiger partial charge on any atom is -0.379 e. The van der Waals surface area contributed by atoms with Gasteiger partial charge in [-0.05, 0) is 38.1 Å². The summed E-state index contributed by atoms with van der Waals surface area (Å²) in [5.41, 5.74) is -0.0834. The van der Waals surface area contributed by atoms with Gasteiger partial charge in [-0.1, -0.05) is 0 Å². The van der Waals surface area contributed by atoms with Crippen molar-refractivity contribution in [3.8, 4) is 0 Å². The molecule has 0 aliphatic carbocycles. The van der Waals surface area contributed by atoms with E-state index < -0.39 is 0 Å². The Bertz CT molecular complexity index is 487. The van der Waals surface area contributed by atoms with Gasteiger partial charge in [-0.2, -0.15) is 0 Å². The van der Waals surface area contributed by atoms with E-state index in [1.54, 1.807) is 12.1 Å². The van der Waals surface area contributed by atoms with Crippen molar-refractivity contribution < 1.29 is 13.9 Å². The summed E-state index contributed by atoms with van der Waals surface area (Å²) in [4.78, 5) is 15.2. The van der Waals surface area contributed by atoms with Gasteiger partial charge in [0, 0.05) is 30.1 Å². The van der Waals surface area contributed by atoms with Gasteiger partial charge in [-0.3, -0.25) is 9.69 Å². The Morgan fingerprint density at radius 3 is 2.59 bits per heavy atom. The maximum atomic E-state index is 12.8. The van der Waals surface area contributed by atoms with E-state index in [1.807, 2.05) is 0 Å². The topological polar surface area (TPSA) is 41.6 Å². The van der Waals surface area contributed by atoms with Crippen molar-refractivity contribution in [2.45, 2.75) is 24.3 Å². The molecule has 1 aromatic carbocycles. The summed E-state index contributed by atoms with van der Waals surface area (Å²) in [5, 5.41) is 2.99. The largest absolute Gasteiger partial charge is 0.379 e. The molecule has 4 nitrogen and oxygen atoms in total. The lowest BCUT2D eigenvalue weighted by molar-refractivity contribution is -0.119.